The highest BCUT2D eigenvalue weighted by Gasteiger charge is 2.17. The first-order valence-electron chi connectivity index (χ1n) is 7.50. The fourth-order valence-corrected chi connectivity index (χ4v) is 2.71. The zero-order valence-corrected chi connectivity index (χ0v) is 12.7. The molecule has 1 aliphatic rings. The normalized spacial score (nSPS) is 17.0. The number of ketones is 1. The Morgan fingerprint density at radius 3 is 2.64 bits per heavy atom. The number of piperazine rings is 1. The molecule has 1 fully saturated rings. The van der Waals surface area contributed by atoms with Crippen molar-refractivity contribution in [2.75, 3.05) is 39.8 Å². The molecule has 0 N–H and O–H groups in total. The van der Waals surface area contributed by atoms with Crippen LogP contribution in [0, 0.1) is 0 Å². The number of carbonyl (C=O) groups excluding carboxylic acids is 1. The van der Waals surface area contributed by atoms with Crippen LogP contribution in [-0.4, -0.2) is 64.9 Å². The maximum Gasteiger partial charge on any atom is 0.261 e. The van der Waals surface area contributed by atoms with Gasteiger partial charge < -0.3 is 4.90 Å². The Balaban J connectivity index is 1.69. The molecule has 116 valence electrons. The number of hydrogen-bond acceptors (Lipinski definition) is 5. The molecule has 6 nitrogen and oxygen atoms in total. The number of para-hydroxylation sites is 1. The van der Waals surface area contributed by atoms with E-state index in [2.05, 4.69) is 21.8 Å². The number of Topliss-reactive ketones (excluding diaryl/α,β-unsaturated/α-hetero) is 1. The van der Waals surface area contributed by atoms with E-state index in [9.17, 15) is 9.59 Å². The zero-order valence-electron chi connectivity index (χ0n) is 12.7. The van der Waals surface area contributed by atoms with E-state index in [1.807, 2.05) is 12.1 Å². The number of hydrogen-bond donors (Lipinski definition) is 0. The summed E-state index contributed by atoms with van der Waals surface area (Å²) in [6, 6.07) is 7.19. The second-order valence-electron chi connectivity index (χ2n) is 5.81. The fourth-order valence-electron chi connectivity index (χ4n) is 2.71. The summed E-state index contributed by atoms with van der Waals surface area (Å²) < 4.78 is 1.40. The molecule has 0 unspecified atom stereocenters. The second kappa shape index (κ2) is 6.37. The van der Waals surface area contributed by atoms with Crippen molar-refractivity contribution >= 4 is 16.7 Å². The smallest absolute Gasteiger partial charge is 0.261 e. The maximum absolute atomic E-state index is 12.3. The van der Waals surface area contributed by atoms with Gasteiger partial charge in [0.15, 0.2) is 5.78 Å². The first kappa shape index (κ1) is 14.9. The van der Waals surface area contributed by atoms with Crippen LogP contribution < -0.4 is 5.56 Å². The largest absolute Gasteiger partial charge is 0.304 e. The van der Waals surface area contributed by atoms with E-state index in [0.717, 1.165) is 26.2 Å². The van der Waals surface area contributed by atoms with Gasteiger partial charge in [-0.25, -0.2) is 4.98 Å². The molecule has 0 spiro atoms. The van der Waals surface area contributed by atoms with Gasteiger partial charge in [-0.3, -0.25) is 19.1 Å². The van der Waals surface area contributed by atoms with Crippen LogP contribution in [0.4, 0.5) is 0 Å². The van der Waals surface area contributed by atoms with E-state index in [-0.39, 0.29) is 17.9 Å². The summed E-state index contributed by atoms with van der Waals surface area (Å²) in [7, 11) is 2.08. The van der Waals surface area contributed by atoms with E-state index < -0.39 is 0 Å². The molecule has 0 saturated carbocycles. The lowest BCUT2D eigenvalue weighted by Gasteiger charge is -2.31. The van der Waals surface area contributed by atoms with Crippen molar-refractivity contribution in [1.29, 1.82) is 0 Å². The van der Waals surface area contributed by atoms with Crippen LogP contribution >= 0.6 is 0 Å². The van der Waals surface area contributed by atoms with Crippen LogP contribution in [0.15, 0.2) is 35.4 Å². The fraction of sp³-hybridized carbons (Fsp3) is 0.438. The molecule has 0 bridgehead atoms. The molecular weight excluding hydrogens is 280 g/mol. The lowest BCUT2D eigenvalue weighted by Crippen LogP contribution is -2.46. The van der Waals surface area contributed by atoms with Crippen LogP contribution in [0.1, 0.15) is 0 Å². The number of fused-ring (bicyclic) bond motifs is 1. The molecule has 0 aliphatic carbocycles. The van der Waals surface area contributed by atoms with Crippen LogP contribution in [0.5, 0.6) is 0 Å². The Hall–Kier alpha value is -2.05. The third-order valence-corrected chi connectivity index (χ3v) is 4.07. The monoisotopic (exact) mass is 300 g/mol. The minimum absolute atomic E-state index is 0.0451. The summed E-state index contributed by atoms with van der Waals surface area (Å²) in [5.41, 5.74) is 0.507. The third-order valence-electron chi connectivity index (χ3n) is 4.07. The van der Waals surface area contributed by atoms with Crippen molar-refractivity contribution in [3.05, 3.63) is 40.9 Å². The lowest BCUT2D eigenvalue weighted by atomic mass is 10.2. The van der Waals surface area contributed by atoms with Gasteiger partial charge in [0.2, 0.25) is 0 Å². The van der Waals surface area contributed by atoms with Crippen molar-refractivity contribution in [3.8, 4) is 0 Å². The molecule has 3 rings (SSSR count). The van der Waals surface area contributed by atoms with Crippen LogP contribution in [-0.2, 0) is 11.3 Å². The second-order valence-corrected chi connectivity index (χ2v) is 5.81. The number of carbonyl (C=O) groups is 1. The summed E-state index contributed by atoms with van der Waals surface area (Å²) in [4.78, 5) is 33.2. The summed E-state index contributed by atoms with van der Waals surface area (Å²) in [6.45, 7) is 4.23. The van der Waals surface area contributed by atoms with E-state index >= 15 is 0 Å². The molecule has 0 atom stereocenters. The van der Waals surface area contributed by atoms with Crippen molar-refractivity contribution in [3.63, 3.8) is 0 Å². The van der Waals surface area contributed by atoms with Crippen molar-refractivity contribution < 1.29 is 4.79 Å². The number of likely N-dealkylation sites (N-methyl/N-ethyl adjacent to an activating group) is 1. The summed E-state index contributed by atoms with van der Waals surface area (Å²) >= 11 is 0. The highest BCUT2D eigenvalue weighted by atomic mass is 16.1. The number of benzene rings is 1. The molecule has 1 aromatic heterocycles. The molecule has 0 amide bonds. The molecule has 2 aromatic rings. The molecule has 2 heterocycles. The molecule has 1 saturated heterocycles. The van der Waals surface area contributed by atoms with Gasteiger partial charge in [0.05, 0.1) is 30.3 Å². The number of rotatable bonds is 4. The Bertz CT molecular complexity index is 732. The predicted molar refractivity (Wildman–Crippen MR) is 84.9 cm³/mol. The predicted octanol–water partition coefficient (Wildman–Crippen LogP) is 0.213. The van der Waals surface area contributed by atoms with Crippen LogP contribution in [0.25, 0.3) is 10.9 Å². The minimum atomic E-state index is -0.155. The van der Waals surface area contributed by atoms with Crippen molar-refractivity contribution in [1.82, 2.24) is 19.4 Å². The number of nitrogens with zero attached hydrogens (tertiary/aromatic N) is 4. The van der Waals surface area contributed by atoms with E-state index in [1.54, 1.807) is 12.1 Å². The average molecular weight is 300 g/mol. The van der Waals surface area contributed by atoms with Gasteiger partial charge in [-0.2, -0.15) is 0 Å². The first-order chi connectivity index (χ1) is 10.6. The van der Waals surface area contributed by atoms with Gasteiger partial charge in [0, 0.05) is 26.2 Å². The van der Waals surface area contributed by atoms with E-state index in [0.29, 0.717) is 17.4 Å². The van der Waals surface area contributed by atoms with E-state index in [1.165, 1.54) is 10.9 Å². The SMILES string of the molecule is CN1CCN(CC(=O)Cn2cnc3ccccc3c2=O)CC1. The molecule has 1 aliphatic heterocycles. The van der Waals surface area contributed by atoms with Gasteiger partial charge in [-0.05, 0) is 19.2 Å². The summed E-state index contributed by atoms with van der Waals surface area (Å²) in [6.07, 6.45) is 1.46. The van der Waals surface area contributed by atoms with Gasteiger partial charge in [0.1, 0.15) is 0 Å². The summed E-state index contributed by atoms with van der Waals surface area (Å²) in [5, 5.41) is 0.553. The Morgan fingerprint density at radius 1 is 1.14 bits per heavy atom. The van der Waals surface area contributed by atoms with Crippen LogP contribution in [0.3, 0.4) is 0 Å². The molecule has 1 aromatic carbocycles. The topological polar surface area (TPSA) is 58.4 Å². The number of aromatic nitrogens is 2. The molecule has 22 heavy (non-hydrogen) atoms. The Kier molecular flexibility index (Phi) is 4.31. The Labute approximate surface area is 129 Å². The minimum Gasteiger partial charge on any atom is -0.304 e. The maximum atomic E-state index is 12.3. The highest BCUT2D eigenvalue weighted by Crippen LogP contribution is 2.05. The van der Waals surface area contributed by atoms with Crippen LogP contribution in [0.2, 0.25) is 0 Å². The molecule has 6 heteroatoms. The van der Waals surface area contributed by atoms with Gasteiger partial charge in [0.25, 0.3) is 5.56 Å². The highest BCUT2D eigenvalue weighted by molar-refractivity contribution is 5.81. The van der Waals surface area contributed by atoms with E-state index in [4.69, 9.17) is 0 Å². The summed E-state index contributed by atoms with van der Waals surface area (Å²) in [5.74, 6) is 0.0451. The first-order valence-corrected chi connectivity index (χ1v) is 7.50. The molecular formula is C16H20N4O2. The third kappa shape index (κ3) is 3.23. The standard InChI is InChI=1S/C16H20N4O2/c1-18-6-8-19(9-7-18)10-13(21)11-20-12-17-15-5-3-2-4-14(15)16(20)22/h2-5,12H,6-11H2,1H3. The van der Waals surface area contributed by atoms with Gasteiger partial charge in [-0.15, -0.1) is 0 Å². The van der Waals surface area contributed by atoms with Crippen molar-refractivity contribution in [2.45, 2.75) is 6.54 Å². The quantitative estimate of drug-likeness (QED) is 0.808. The Morgan fingerprint density at radius 2 is 1.86 bits per heavy atom. The van der Waals surface area contributed by atoms with Gasteiger partial charge in [-0.1, -0.05) is 12.1 Å². The van der Waals surface area contributed by atoms with Crippen molar-refractivity contribution in [2.24, 2.45) is 0 Å². The zero-order chi connectivity index (χ0) is 15.5. The van der Waals surface area contributed by atoms with Gasteiger partial charge >= 0.3 is 0 Å². The average Bonchev–Trinajstić information content (AvgIpc) is 2.53. The lowest BCUT2D eigenvalue weighted by molar-refractivity contribution is -0.121. The molecule has 0 radical (unpaired) electrons.